The normalized spacial score (nSPS) is 28.5. The van der Waals surface area contributed by atoms with Gasteiger partial charge in [0, 0.05) is 35.9 Å². The zero-order valence-corrected chi connectivity index (χ0v) is 12.0. The molecule has 18 heavy (non-hydrogen) atoms. The molecule has 1 N–H and O–H groups in total. The van der Waals surface area contributed by atoms with Crippen molar-refractivity contribution in [3.05, 3.63) is 21.3 Å². The molecule has 2 fully saturated rings. The minimum Gasteiger partial charge on any atom is -0.374 e. The Morgan fingerprint density at radius 3 is 3.33 bits per heavy atom. The zero-order valence-electron chi connectivity index (χ0n) is 10.4. The molecule has 2 aliphatic heterocycles. The Labute approximate surface area is 117 Å². The van der Waals surface area contributed by atoms with Gasteiger partial charge in [-0.05, 0) is 25.5 Å². The number of hydrogen-bond donors (Lipinski definition) is 1. The van der Waals surface area contributed by atoms with E-state index in [0.717, 1.165) is 31.3 Å². The minimum absolute atomic E-state index is 0.342. The third-order valence-corrected chi connectivity index (χ3v) is 5.04. The molecule has 100 valence electrons. The van der Waals surface area contributed by atoms with Crippen molar-refractivity contribution in [3.8, 4) is 0 Å². The number of rotatable bonds is 4. The van der Waals surface area contributed by atoms with E-state index in [1.54, 1.807) is 11.3 Å². The van der Waals surface area contributed by atoms with Crippen molar-refractivity contribution >= 4 is 22.9 Å². The lowest BCUT2D eigenvalue weighted by atomic mass is 10.2. The van der Waals surface area contributed by atoms with Gasteiger partial charge in [-0.2, -0.15) is 0 Å². The van der Waals surface area contributed by atoms with Crippen molar-refractivity contribution in [2.45, 2.75) is 31.5 Å². The van der Waals surface area contributed by atoms with Crippen LogP contribution >= 0.6 is 22.9 Å². The molecule has 0 aliphatic carbocycles. The average Bonchev–Trinajstić information content (AvgIpc) is 2.97. The van der Waals surface area contributed by atoms with Crippen LogP contribution in [0.2, 0.25) is 5.02 Å². The monoisotopic (exact) mass is 286 g/mol. The molecule has 0 radical (unpaired) electrons. The third kappa shape index (κ3) is 3.06. The van der Waals surface area contributed by atoms with Gasteiger partial charge < -0.3 is 10.1 Å². The SMILES string of the molecule is Clc1csc(CNCC2CN3CCCC3CO2)c1. The second-order valence-corrected chi connectivity index (χ2v) is 6.54. The van der Waals surface area contributed by atoms with Gasteiger partial charge in [-0.1, -0.05) is 11.6 Å². The summed E-state index contributed by atoms with van der Waals surface area (Å²) >= 11 is 7.61. The maximum atomic E-state index is 5.91. The number of thiophene rings is 1. The number of fused-ring (bicyclic) bond motifs is 1. The van der Waals surface area contributed by atoms with E-state index in [-0.39, 0.29) is 0 Å². The fraction of sp³-hybridized carbons (Fsp3) is 0.692. The van der Waals surface area contributed by atoms with Gasteiger partial charge in [0.2, 0.25) is 0 Å². The molecule has 5 heteroatoms. The molecular weight excluding hydrogens is 268 g/mol. The van der Waals surface area contributed by atoms with E-state index in [4.69, 9.17) is 16.3 Å². The molecule has 1 aromatic heterocycles. The Morgan fingerprint density at radius 1 is 1.56 bits per heavy atom. The number of halogens is 1. The van der Waals surface area contributed by atoms with Gasteiger partial charge in [0.25, 0.3) is 0 Å². The molecule has 2 atom stereocenters. The molecule has 3 nitrogen and oxygen atoms in total. The topological polar surface area (TPSA) is 24.5 Å². The van der Waals surface area contributed by atoms with Crippen LogP contribution in [0, 0.1) is 0 Å². The summed E-state index contributed by atoms with van der Waals surface area (Å²) in [6.07, 6.45) is 2.99. The highest BCUT2D eigenvalue weighted by atomic mass is 35.5. The fourth-order valence-corrected chi connectivity index (χ4v) is 3.85. The maximum absolute atomic E-state index is 5.91. The first-order valence-corrected chi connectivity index (χ1v) is 7.86. The second-order valence-electron chi connectivity index (χ2n) is 5.11. The first-order chi connectivity index (χ1) is 8.81. The lowest BCUT2D eigenvalue weighted by molar-refractivity contribution is -0.0470. The molecule has 2 saturated heterocycles. The number of nitrogens with zero attached hydrogens (tertiary/aromatic N) is 1. The first-order valence-electron chi connectivity index (χ1n) is 6.60. The second kappa shape index (κ2) is 5.88. The van der Waals surface area contributed by atoms with Crippen LogP contribution in [0.1, 0.15) is 17.7 Å². The fourth-order valence-electron chi connectivity index (χ4n) is 2.81. The molecule has 2 unspecified atom stereocenters. The van der Waals surface area contributed by atoms with Gasteiger partial charge in [-0.25, -0.2) is 0 Å². The highest BCUT2D eigenvalue weighted by molar-refractivity contribution is 7.10. The summed E-state index contributed by atoms with van der Waals surface area (Å²) in [6.45, 7) is 5.07. The summed E-state index contributed by atoms with van der Waals surface area (Å²) < 4.78 is 5.91. The van der Waals surface area contributed by atoms with Gasteiger partial charge in [0.15, 0.2) is 0 Å². The predicted molar refractivity (Wildman–Crippen MR) is 75.4 cm³/mol. The molecule has 0 amide bonds. The van der Waals surface area contributed by atoms with Crippen LogP contribution < -0.4 is 5.32 Å². The Hall–Kier alpha value is -0.130. The molecular formula is C13H19ClN2OS. The minimum atomic E-state index is 0.342. The summed E-state index contributed by atoms with van der Waals surface area (Å²) in [6, 6.07) is 2.72. The smallest absolute Gasteiger partial charge is 0.0827 e. The van der Waals surface area contributed by atoms with Gasteiger partial charge in [-0.3, -0.25) is 4.90 Å². The summed E-state index contributed by atoms with van der Waals surface area (Å²) in [7, 11) is 0. The van der Waals surface area contributed by atoms with E-state index >= 15 is 0 Å². The van der Waals surface area contributed by atoms with Crippen molar-refractivity contribution in [1.82, 2.24) is 10.2 Å². The zero-order chi connectivity index (χ0) is 12.4. The average molecular weight is 287 g/mol. The van der Waals surface area contributed by atoms with Crippen LogP contribution in [0.25, 0.3) is 0 Å². The molecule has 1 aromatic rings. The van der Waals surface area contributed by atoms with Crippen molar-refractivity contribution in [2.24, 2.45) is 0 Å². The molecule has 2 aliphatic rings. The van der Waals surface area contributed by atoms with Gasteiger partial charge in [0.05, 0.1) is 17.7 Å². The Morgan fingerprint density at radius 2 is 2.50 bits per heavy atom. The van der Waals surface area contributed by atoms with Crippen LogP contribution in [0.15, 0.2) is 11.4 Å². The highest BCUT2D eigenvalue weighted by Crippen LogP contribution is 2.22. The largest absolute Gasteiger partial charge is 0.374 e. The van der Waals surface area contributed by atoms with E-state index < -0.39 is 0 Å². The lowest BCUT2D eigenvalue weighted by Gasteiger charge is -2.35. The van der Waals surface area contributed by atoms with E-state index in [1.165, 1.54) is 24.3 Å². The van der Waals surface area contributed by atoms with E-state index in [0.29, 0.717) is 12.1 Å². The predicted octanol–water partition coefficient (Wildman–Crippen LogP) is 2.35. The van der Waals surface area contributed by atoms with Gasteiger partial charge in [-0.15, -0.1) is 11.3 Å². The highest BCUT2D eigenvalue weighted by Gasteiger charge is 2.31. The number of morpholine rings is 1. The van der Waals surface area contributed by atoms with Crippen LogP contribution in [-0.2, 0) is 11.3 Å². The van der Waals surface area contributed by atoms with Crippen LogP contribution in [0.3, 0.4) is 0 Å². The van der Waals surface area contributed by atoms with Gasteiger partial charge in [0.1, 0.15) is 0 Å². The Bertz CT molecular complexity index is 398. The Balaban J connectivity index is 1.41. The third-order valence-electron chi connectivity index (χ3n) is 3.75. The molecule has 0 aromatic carbocycles. The molecule has 3 heterocycles. The van der Waals surface area contributed by atoms with Crippen molar-refractivity contribution in [1.29, 1.82) is 0 Å². The summed E-state index contributed by atoms with van der Waals surface area (Å²) in [5, 5.41) is 6.28. The molecule has 0 spiro atoms. The quantitative estimate of drug-likeness (QED) is 0.920. The summed E-state index contributed by atoms with van der Waals surface area (Å²) in [5.74, 6) is 0. The maximum Gasteiger partial charge on any atom is 0.0827 e. The lowest BCUT2D eigenvalue weighted by Crippen LogP contribution is -2.49. The van der Waals surface area contributed by atoms with Gasteiger partial charge >= 0.3 is 0 Å². The van der Waals surface area contributed by atoms with Crippen LogP contribution in [-0.4, -0.2) is 43.3 Å². The Kier molecular flexibility index (Phi) is 4.21. The molecule has 3 rings (SSSR count). The van der Waals surface area contributed by atoms with E-state index in [1.807, 2.05) is 11.4 Å². The van der Waals surface area contributed by atoms with Crippen LogP contribution in [0.5, 0.6) is 0 Å². The van der Waals surface area contributed by atoms with E-state index in [2.05, 4.69) is 10.2 Å². The van der Waals surface area contributed by atoms with Crippen molar-refractivity contribution < 1.29 is 4.74 Å². The van der Waals surface area contributed by atoms with Crippen molar-refractivity contribution in [3.63, 3.8) is 0 Å². The summed E-state index contributed by atoms with van der Waals surface area (Å²) in [4.78, 5) is 3.87. The van der Waals surface area contributed by atoms with Crippen molar-refractivity contribution in [2.75, 3.05) is 26.2 Å². The number of nitrogens with one attached hydrogen (secondary N) is 1. The molecule has 0 saturated carbocycles. The first kappa shape index (κ1) is 12.9. The standard InChI is InChI=1S/C13H19ClN2OS/c14-10-4-13(18-9-10)6-15-5-12-7-16-3-1-2-11(16)8-17-12/h4,9,11-12,15H,1-3,5-8H2. The number of hydrogen-bond acceptors (Lipinski definition) is 4. The number of ether oxygens (including phenoxy) is 1. The molecule has 0 bridgehead atoms. The van der Waals surface area contributed by atoms with Crippen LogP contribution in [0.4, 0.5) is 0 Å². The van der Waals surface area contributed by atoms with E-state index in [9.17, 15) is 0 Å². The summed E-state index contributed by atoms with van der Waals surface area (Å²) in [5.41, 5.74) is 0.